The summed E-state index contributed by atoms with van der Waals surface area (Å²) >= 11 is 12.0. The van der Waals surface area contributed by atoms with Crippen LogP contribution in [0.25, 0.3) is 17.0 Å². The molecule has 4 rings (SSSR count). The highest BCUT2D eigenvalue weighted by Crippen LogP contribution is 2.32. The van der Waals surface area contributed by atoms with Gasteiger partial charge in [0.25, 0.3) is 5.91 Å². The molecule has 1 aliphatic rings. The predicted octanol–water partition coefficient (Wildman–Crippen LogP) is 4.86. The molecule has 0 atom stereocenters. The standard InChI is InChI=1S/C22H18Cl2N2O4/c23-15-7-5-14(17(24)13-15)6-8-19(27)25-20-16-3-1-2-4-18(16)30-21(20)22(28)26-9-11-29-12-10-26/h1-8,13H,9-12H2,(H,25,27)/b8-6+. The number of nitrogens with zero attached hydrogens (tertiary/aromatic N) is 1. The van der Waals surface area contributed by atoms with Crippen molar-refractivity contribution in [2.45, 2.75) is 0 Å². The molecule has 0 spiro atoms. The minimum absolute atomic E-state index is 0.101. The van der Waals surface area contributed by atoms with E-state index in [0.717, 1.165) is 0 Å². The molecule has 0 aliphatic carbocycles. The van der Waals surface area contributed by atoms with Crippen LogP contribution in [0.3, 0.4) is 0 Å². The summed E-state index contributed by atoms with van der Waals surface area (Å²) in [5, 5.41) is 4.39. The van der Waals surface area contributed by atoms with Gasteiger partial charge in [-0.1, -0.05) is 41.4 Å². The maximum Gasteiger partial charge on any atom is 0.291 e. The van der Waals surface area contributed by atoms with Crippen LogP contribution in [0.15, 0.2) is 53.0 Å². The molecule has 2 amide bonds. The van der Waals surface area contributed by atoms with Crippen molar-refractivity contribution in [1.29, 1.82) is 0 Å². The lowest BCUT2D eigenvalue weighted by Gasteiger charge is -2.26. The van der Waals surface area contributed by atoms with Gasteiger partial charge < -0.3 is 19.4 Å². The number of carbonyl (C=O) groups excluding carboxylic acids is 2. The third-order valence-electron chi connectivity index (χ3n) is 4.71. The van der Waals surface area contributed by atoms with Gasteiger partial charge >= 0.3 is 0 Å². The second kappa shape index (κ2) is 8.92. The van der Waals surface area contributed by atoms with Crippen molar-refractivity contribution in [3.8, 4) is 0 Å². The van der Waals surface area contributed by atoms with Crippen LogP contribution in [0, 0.1) is 0 Å². The van der Waals surface area contributed by atoms with Crippen molar-refractivity contribution in [1.82, 2.24) is 4.90 Å². The number of morpholine rings is 1. The zero-order valence-corrected chi connectivity index (χ0v) is 17.4. The van der Waals surface area contributed by atoms with Gasteiger partial charge in [-0.3, -0.25) is 9.59 Å². The lowest BCUT2D eigenvalue weighted by Crippen LogP contribution is -2.40. The van der Waals surface area contributed by atoms with Crippen molar-refractivity contribution in [2.75, 3.05) is 31.6 Å². The van der Waals surface area contributed by atoms with Gasteiger partial charge in [-0.2, -0.15) is 0 Å². The van der Waals surface area contributed by atoms with Gasteiger partial charge in [0, 0.05) is 34.6 Å². The van der Waals surface area contributed by atoms with Gasteiger partial charge in [0.05, 0.1) is 13.2 Å². The van der Waals surface area contributed by atoms with Gasteiger partial charge in [0.1, 0.15) is 11.3 Å². The van der Waals surface area contributed by atoms with Crippen molar-refractivity contribution in [2.24, 2.45) is 0 Å². The number of rotatable bonds is 4. The summed E-state index contributed by atoms with van der Waals surface area (Å²) in [6.07, 6.45) is 2.93. The van der Waals surface area contributed by atoms with Crippen LogP contribution < -0.4 is 5.32 Å². The van der Waals surface area contributed by atoms with Crippen LogP contribution in [-0.4, -0.2) is 43.0 Å². The van der Waals surface area contributed by atoms with Crippen molar-refractivity contribution in [3.63, 3.8) is 0 Å². The summed E-state index contributed by atoms with van der Waals surface area (Å²) in [5.41, 5.74) is 1.52. The Kier molecular flexibility index (Phi) is 6.08. The number of para-hydroxylation sites is 1. The van der Waals surface area contributed by atoms with Crippen molar-refractivity contribution < 1.29 is 18.7 Å². The third kappa shape index (κ3) is 4.36. The second-order valence-corrected chi connectivity index (χ2v) is 7.54. The largest absolute Gasteiger partial charge is 0.449 e. The molecule has 0 bridgehead atoms. The molecule has 0 radical (unpaired) electrons. The maximum absolute atomic E-state index is 13.0. The van der Waals surface area contributed by atoms with Crippen LogP contribution in [-0.2, 0) is 9.53 Å². The maximum atomic E-state index is 13.0. The Labute approximate surface area is 183 Å². The fourth-order valence-corrected chi connectivity index (χ4v) is 3.67. The Hall–Kier alpha value is -2.80. The number of halogens is 2. The van der Waals surface area contributed by atoms with E-state index in [1.807, 2.05) is 12.1 Å². The minimum atomic E-state index is -0.413. The predicted molar refractivity (Wildman–Crippen MR) is 117 cm³/mol. The fraction of sp³-hybridized carbons (Fsp3) is 0.182. The molecule has 8 heteroatoms. The van der Waals surface area contributed by atoms with E-state index in [9.17, 15) is 9.59 Å². The first-order chi connectivity index (χ1) is 14.5. The molecule has 1 N–H and O–H groups in total. The number of ether oxygens (including phenoxy) is 1. The van der Waals surface area contributed by atoms with E-state index in [1.54, 1.807) is 41.3 Å². The normalized spacial score (nSPS) is 14.4. The number of fused-ring (bicyclic) bond motifs is 1. The van der Waals surface area contributed by atoms with Crippen molar-refractivity contribution >= 4 is 57.7 Å². The summed E-state index contributed by atoms with van der Waals surface area (Å²) < 4.78 is 11.1. The van der Waals surface area contributed by atoms with E-state index in [2.05, 4.69) is 5.32 Å². The topological polar surface area (TPSA) is 71.8 Å². The highest BCUT2D eigenvalue weighted by Gasteiger charge is 2.27. The number of furan rings is 1. The monoisotopic (exact) mass is 444 g/mol. The number of hydrogen-bond donors (Lipinski definition) is 1. The summed E-state index contributed by atoms with van der Waals surface area (Å²) in [7, 11) is 0. The highest BCUT2D eigenvalue weighted by molar-refractivity contribution is 6.35. The number of anilines is 1. The van der Waals surface area contributed by atoms with Gasteiger partial charge in [-0.15, -0.1) is 0 Å². The van der Waals surface area contributed by atoms with Crippen LogP contribution in [0.2, 0.25) is 10.0 Å². The summed E-state index contributed by atoms with van der Waals surface area (Å²) in [6, 6.07) is 12.2. The molecule has 6 nitrogen and oxygen atoms in total. The number of nitrogens with one attached hydrogen (secondary N) is 1. The summed E-state index contributed by atoms with van der Waals surface area (Å²) in [6.45, 7) is 1.88. The van der Waals surface area contributed by atoms with Gasteiger partial charge in [0.15, 0.2) is 0 Å². The Morgan fingerprint density at radius 3 is 2.60 bits per heavy atom. The van der Waals surface area contributed by atoms with Crippen molar-refractivity contribution in [3.05, 3.63) is 69.9 Å². The van der Waals surface area contributed by atoms with Crippen LogP contribution >= 0.6 is 23.2 Å². The quantitative estimate of drug-likeness (QED) is 0.582. The molecule has 1 saturated heterocycles. The SMILES string of the molecule is O=C(/C=C/c1ccc(Cl)cc1Cl)Nc1c(C(=O)N2CCOCC2)oc2ccccc12. The van der Waals surface area contributed by atoms with E-state index in [4.69, 9.17) is 32.4 Å². The van der Waals surface area contributed by atoms with E-state index in [-0.39, 0.29) is 11.7 Å². The lowest BCUT2D eigenvalue weighted by molar-refractivity contribution is -0.111. The molecule has 154 valence electrons. The Morgan fingerprint density at radius 1 is 1.07 bits per heavy atom. The zero-order valence-electron chi connectivity index (χ0n) is 15.9. The Morgan fingerprint density at radius 2 is 1.83 bits per heavy atom. The van der Waals surface area contributed by atoms with E-state index in [0.29, 0.717) is 58.6 Å². The van der Waals surface area contributed by atoms with E-state index < -0.39 is 5.91 Å². The van der Waals surface area contributed by atoms with Gasteiger partial charge in [-0.25, -0.2) is 0 Å². The smallest absolute Gasteiger partial charge is 0.291 e. The summed E-state index contributed by atoms with van der Waals surface area (Å²) in [5.74, 6) is -0.595. The molecule has 30 heavy (non-hydrogen) atoms. The molecule has 0 saturated carbocycles. The van der Waals surface area contributed by atoms with Crippen LogP contribution in [0.4, 0.5) is 5.69 Å². The molecular formula is C22H18Cl2N2O4. The molecular weight excluding hydrogens is 427 g/mol. The molecule has 1 fully saturated rings. The number of hydrogen-bond acceptors (Lipinski definition) is 4. The molecule has 1 aliphatic heterocycles. The molecule has 2 aromatic carbocycles. The molecule has 2 heterocycles. The first-order valence-corrected chi connectivity index (χ1v) is 10.1. The first kappa shape index (κ1) is 20.5. The first-order valence-electron chi connectivity index (χ1n) is 9.35. The van der Waals surface area contributed by atoms with Gasteiger partial charge in [-0.05, 0) is 35.9 Å². The molecule has 3 aromatic rings. The molecule has 1 aromatic heterocycles. The second-order valence-electron chi connectivity index (χ2n) is 6.70. The van der Waals surface area contributed by atoms with E-state index in [1.165, 1.54) is 6.08 Å². The van der Waals surface area contributed by atoms with E-state index >= 15 is 0 Å². The van der Waals surface area contributed by atoms with Gasteiger partial charge in [0.2, 0.25) is 11.7 Å². The number of carbonyl (C=O) groups is 2. The summed E-state index contributed by atoms with van der Waals surface area (Å²) in [4.78, 5) is 27.3. The lowest BCUT2D eigenvalue weighted by atomic mass is 10.2. The van der Waals surface area contributed by atoms with Crippen LogP contribution in [0.1, 0.15) is 16.1 Å². The zero-order chi connectivity index (χ0) is 21.1. The number of benzene rings is 2. The average molecular weight is 445 g/mol. The fourth-order valence-electron chi connectivity index (χ4n) is 3.20. The molecule has 0 unspecified atom stereocenters. The Bertz CT molecular complexity index is 1130. The third-order valence-corrected chi connectivity index (χ3v) is 5.28. The van der Waals surface area contributed by atoms with Crippen LogP contribution in [0.5, 0.6) is 0 Å². The highest BCUT2D eigenvalue weighted by atomic mass is 35.5. The average Bonchev–Trinajstić information content (AvgIpc) is 3.11. The Balaban J connectivity index is 1.61. The number of amides is 2. The minimum Gasteiger partial charge on any atom is -0.449 e.